The van der Waals surface area contributed by atoms with Crippen molar-refractivity contribution in [2.45, 2.75) is 46.1 Å². The Kier molecular flexibility index (Phi) is 9.22. The fraction of sp³-hybridized carbons (Fsp3) is 0.429. The molecule has 8 nitrogen and oxygen atoms in total. The molecule has 0 bridgehead atoms. The van der Waals surface area contributed by atoms with Crippen LogP contribution in [0.1, 0.15) is 71.1 Å². The van der Waals surface area contributed by atoms with Crippen LogP contribution in [0.3, 0.4) is 0 Å². The minimum atomic E-state index is -0.795. The van der Waals surface area contributed by atoms with Gasteiger partial charge in [-0.25, -0.2) is 14.4 Å². The summed E-state index contributed by atoms with van der Waals surface area (Å²) in [5.74, 6) is -1.30. The molecule has 0 spiro atoms. The molecule has 0 unspecified atom stereocenters. The number of hydrogen-bond donors (Lipinski definition) is 1. The van der Waals surface area contributed by atoms with Crippen molar-refractivity contribution < 1.29 is 33.4 Å². The normalized spacial score (nSPS) is 19.3. The number of anilines is 1. The summed E-state index contributed by atoms with van der Waals surface area (Å²) in [7, 11) is 1.28. The molecule has 2 aromatic carbocycles. The predicted octanol–water partition coefficient (Wildman–Crippen LogP) is 4.89. The molecule has 1 aliphatic rings. The highest BCUT2D eigenvalue weighted by Crippen LogP contribution is 2.35. The average Bonchev–Trinajstić information content (AvgIpc) is 2.87. The van der Waals surface area contributed by atoms with Gasteiger partial charge in [0.25, 0.3) is 5.91 Å². The molecule has 3 rings (SSSR count). The zero-order chi connectivity index (χ0) is 26.2. The number of esters is 3. The maximum absolute atomic E-state index is 13.0. The van der Waals surface area contributed by atoms with Crippen molar-refractivity contribution in [2.75, 3.05) is 19.0 Å². The lowest BCUT2D eigenvalue weighted by molar-refractivity contribution is -0.119. The van der Waals surface area contributed by atoms with Gasteiger partial charge < -0.3 is 19.5 Å². The molecule has 1 N–H and O–H groups in total. The minimum Gasteiger partial charge on any atom is -0.465 e. The molecule has 3 atom stereocenters. The summed E-state index contributed by atoms with van der Waals surface area (Å²) in [4.78, 5) is 49.6. The van der Waals surface area contributed by atoms with Crippen molar-refractivity contribution in [3.05, 3.63) is 65.2 Å². The van der Waals surface area contributed by atoms with Crippen LogP contribution in [0.25, 0.3) is 0 Å². The SMILES string of the molecule is COC(=O)c1ccc(NC(=O)COC(=O)c2ccccc2C(=O)O[C@@H]2C[C@@H](C)CC[C@H]2C(C)C)cc1. The summed E-state index contributed by atoms with van der Waals surface area (Å²) >= 11 is 0. The summed E-state index contributed by atoms with van der Waals surface area (Å²) in [5, 5.41) is 2.58. The van der Waals surface area contributed by atoms with Gasteiger partial charge in [-0.2, -0.15) is 0 Å². The maximum Gasteiger partial charge on any atom is 0.339 e. The molecule has 0 aromatic heterocycles. The van der Waals surface area contributed by atoms with E-state index < -0.39 is 30.4 Å². The van der Waals surface area contributed by atoms with Gasteiger partial charge in [0.05, 0.1) is 23.8 Å². The summed E-state index contributed by atoms with van der Waals surface area (Å²) in [5.41, 5.74) is 0.923. The van der Waals surface area contributed by atoms with Crippen LogP contribution in [0, 0.1) is 17.8 Å². The molecule has 192 valence electrons. The Hall–Kier alpha value is -3.68. The van der Waals surface area contributed by atoms with Crippen molar-refractivity contribution in [3.8, 4) is 0 Å². The Morgan fingerprint density at radius 2 is 1.56 bits per heavy atom. The summed E-state index contributed by atoms with van der Waals surface area (Å²) in [6.45, 7) is 5.87. The third kappa shape index (κ3) is 6.93. The second kappa shape index (κ2) is 12.3. The highest BCUT2D eigenvalue weighted by molar-refractivity contribution is 6.04. The van der Waals surface area contributed by atoms with E-state index in [-0.39, 0.29) is 23.1 Å². The molecular formula is C28H33NO7. The zero-order valence-electron chi connectivity index (χ0n) is 21.1. The molecule has 0 aliphatic heterocycles. The lowest BCUT2D eigenvalue weighted by Gasteiger charge is -2.36. The zero-order valence-corrected chi connectivity index (χ0v) is 21.1. The van der Waals surface area contributed by atoms with E-state index in [1.807, 2.05) is 0 Å². The van der Waals surface area contributed by atoms with Crippen molar-refractivity contribution in [2.24, 2.45) is 17.8 Å². The van der Waals surface area contributed by atoms with Crippen LogP contribution in [0.4, 0.5) is 5.69 Å². The molecule has 0 radical (unpaired) electrons. The number of amides is 1. The fourth-order valence-electron chi connectivity index (χ4n) is 4.50. The number of nitrogens with one attached hydrogen (secondary N) is 1. The molecule has 0 saturated heterocycles. The molecule has 36 heavy (non-hydrogen) atoms. The van der Waals surface area contributed by atoms with E-state index in [1.54, 1.807) is 12.1 Å². The first kappa shape index (κ1) is 26.9. The predicted molar refractivity (Wildman–Crippen MR) is 134 cm³/mol. The topological polar surface area (TPSA) is 108 Å². The van der Waals surface area contributed by atoms with E-state index in [0.717, 1.165) is 19.3 Å². The first-order valence-corrected chi connectivity index (χ1v) is 12.1. The first-order valence-electron chi connectivity index (χ1n) is 12.1. The largest absolute Gasteiger partial charge is 0.465 e. The van der Waals surface area contributed by atoms with Gasteiger partial charge in [0, 0.05) is 5.69 Å². The lowest BCUT2D eigenvalue weighted by atomic mass is 9.75. The molecule has 1 saturated carbocycles. The van der Waals surface area contributed by atoms with Gasteiger partial charge in [0.15, 0.2) is 6.61 Å². The Balaban J connectivity index is 1.61. The van der Waals surface area contributed by atoms with Gasteiger partial charge in [-0.3, -0.25) is 4.79 Å². The summed E-state index contributed by atoms with van der Waals surface area (Å²) in [6, 6.07) is 12.4. The second-order valence-electron chi connectivity index (χ2n) is 9.51. The number of hydrogen-bond acceptors (Lipinski definition) is 7. The maximum atomic E-state index is 13.0. The number of methoxy groups -OCH3 is 1. The van der Waals surface area contributed by atoms with Gasteiger partial charge >= 0.3 is 17.9 Å². The second-order valence-corrected chi connectivity index (χ2v) is 9.51. The van der Waals surface area contributed by atoms with Crippen LogP contribution >= 0.6 is 0 Å². The van der Waals surface area contributed by atoms with Crippen LogP contribution in [0.5, 0.6) is 0 Å². The number of rotatable bonds is 8. The Morgan fingerprint density at radius 1 is 0.917 bits per heavy atom. The first-order chi connectivity index (χ1) is 17.2. The average molecular weight is 496 g/mol. The highest BCUT2D eigenvalue weighted by atomic mass is 16.5. The van der Waals surface area contributed by atoms with Gasteiger partial charge in [0.1, 0.15) is 6.10 Å². The van der Waals surface area contributed by atoms with Gasteiger partial charge in [-0.05, 0) is 67.0 Å². The van der Waals surface area contributed by atoms with Crippen molar-refractivity contribution in [3.63, 3.8) is 0 Å². The quantitative estimate of drug-likeness (QED) is 0.410. The van der Waals surface area contributed by atoms with E-state index in [1.165, 1.54) is 43.5 Å². The van der Waals surface area contributed by atoms with E-state index in [4.69, 9.17) is 9.47 Å². The monoisotopic (exact) mass is 495 g/mol. The molecule has 1 aliphatic carbocycles. The molecule has 0 heterocycles. The third-order valence-electron chi connectivity index (χ3n) is 6.51. The van der Waals surface area contributed by atoms with Gasteiger partial charge in [0.2, 0.25) is 0 Å². The highest BCUT2D eigenvalue weighted by Gasteiger charge is 2.34. The van der Waals surface area contributed by atoms with Crippen LogP contribution in [-0.2, 0) is 19.0 Å². The van der Waals surface area contributed by atoms with Gasteiger partial charge in [-0.15, -0.1) is 0 Å². The number of carbonyl (C=O) groups excluding carboxylic acids is 4. The standard InChI is InChI=1S/C28H33NO7/c1-17(2)21-14-9-18(3)15-24(21)36-28(33)23-8-6-5-7-22(23)27(32)35-16-25(30)29-20-12-10-19(11-13-20)26(31)34-4/h5-8,10-13,17-18,21,24H,9,14-16H2,1-4H3,(H,29,30)/t18-,21-,24+/m0/s1. The minimum absolute atomic E-state index is 0.0442. The molecule has 8 heteroatoms. The molecule has 2 aromatic rings. The Morgan fingerprint density at radius 3 is 2.17 bits per heavy atom. The number of benzene rings is 2. The summed E-state index contributed by atoms with van der Waals surface area (Å²) in [6.07, 6.45) is 2.70. The van der Waals surface area contributed by atoms with Crippen molar-refractivity contribution in [1.29, 1.82) is 0 Å². The Labute approximate surface area is 211 Å². The molecular weight excluding hydrogens is 462 g/mol. The number of carbonyl (C=O) groups is 4. The van der Waals surface area contributed by atoms with Crippen LogP contribution < -0.4 is 5.32 Å². The third-order valence-corrected chi connectivity index (χ3v) is 6.51. The Bertz CT molecular complexity index is 1090. The lowest BCUT2D eigenvalue weighted by Crippen LogP contribution is -2.36. The van der Waals surface area contributed by atoms with Crippen LogP contribution in [-0.4, -0.2) is 43.6 Å². The van der Waals surface area contributed by atoms with E-state index >= 15 is 0 Å². The van der Waals surface area contributed by atoms with Crippen LogP contribution in [0.15, 0.2) is 48.5 Å². The summed E-state index contributed by atoms with van der Waals surface area (Å²) < 4.78 is 15.7. The van der Waals surface area contributed by atoms with Crippen LogP contribution in [0.2, 0.25) is 0 Å². The number of ether oxygens (including phenoxy) is 3. The molecule has 1 amide bonds. The fourth-order valence-corrected chi connectivity index (χ4v) is 4.50. The van der Waals surface area contributed by atoms with Gasteiger partial charge in [-0.1, -0.05) is 39.3 Å². The van der Waals surface area contributed by atoms with E-state index in [9.17, 15) is 19.2 Å². The van der Waals surface area contributed by atoms with E-state index in [2.05, 4.69) is 30.8 Å². The smallest absolute Gasteiger partial charge is 0.339 e. The van der Waals surface area contributed by atoms with E-state index in [0.29, 0.717) is 23.1 Å². The van der Waals surface area contributed by atoms with Crippen molar-refractivity contribution in [1.82, 2.24) is 0 Å². The molecule has 1 fully saturated rings. The van der Waals surface area contributed by atoms with Crippen molar-refractivity contribution >= 4 is 29.5 Å².